The van der Waals surface area contributed by atoms with Gasteiger partial charge in [0.2, 0.25) is 0 Å². The molecule has 0 saturated heterocycles. The normalized spacial score (nSPS) is 12.8. The maximum Gasteiger partial charge on any atom is 0.338 e. The van der Waals surface area contributed by atoms with Crippen LogP contribution in [0.15, 0.2) is 54.7 Å². The number of ether oxygens (including phenoxy) is 1. The lowest BCUT2D eigenvalue weighted by Gasteiger charge is -2.16. The average molecular weight is 446 g/mol. The van der Waals surface area contributed by atoms with Crippen LogP contribution in [-0.4, -0.2) is 40.1 Å². The summed E-state index contributed by atoms with van der Waals surface area (Å²) in [6.45, 7) is 5.13. The summed E-state index contributed by atoms with van der Waals surface area (Å²) >= 11 is 0. The molecule has 1 N–H and O–H groups in total. The topological polar surface area (TPSA) is 111 Å². The first-order chi connectivity index (χ1) is 15.8. The number of aromatic nitrogens is 2. The van der Waals surface area contributed by atoms with Crippen LogP contribution in [0.1, 0.15) is 56.5 Å². The van der Waals surface area contributed by atoms with Crippen molar-refractivity contribution < 1.29 is 23.9 Å². The highest BCUT2D eigenvalue weighted by Gasteiger charge is 2.37. The molecule has 0 bridgehead atoms. The van der Waals surface area contributed by atoms with Crippen LogP contribution in [0.2, 0.25) is 0 Å². The Balaban J connectivity index is 1.45. The number of amides is 3. The van der Waals surface area contributed by atoms with Gasteiger partial charge in [-0.05, 0) is 50.6 Å². The summed E-state index contributed by atoms with van der Waals surface area (Å²) in [5.41, 5.74) is 1.66. The Morgan fingerprint density at radius 2 is 1.76 bits per heavy atom. The van der Waals surface area contributed by atoms with Crippen molar-refractivity contribution in [1.82, 2.24) is 9.78 Å². The van der Waals surface area contributed by atoms with Crippen LogP contribution in [0.4, 0.5) is 11.5 Å². The second-order valence-electron chi connectivity index (χ2n) is 7.87. The van der Waals surface area contributed by atoms with Crippen molar-refractivity contribution in [3.8, 4) is 0 Å². The third-order valence-electron chi connectivity index (χ3n) is 5.24. The zero-order valence-electron chi connectivity index (χ0n) is 18.4. The Kier molecular flexibility index (Phi) is 5.78. The molecule has 1 aromatic heterocycles. The van der Waals surface area contributed by atoms with E-state index in [1.807, 2.05) is 19.9 Å². The predicted molar refractivity (Wildman–Crippen MR) is 120 cm³/mol. The molecule has 0 spiro atoms. The Labute approximate surface area is 190 Å². The van der Waals surface area contributed by atoms with Crippen molar-refractivity contribution in [2.45, 2.75) is 26.8 Å². The van der Waals surface area contributed by atoms with Crippen LogP contribution in [0.5, 0.6) is 0 Å². The number of carbonyl (C=O) groups is 4. The molecule has 0 saturated carbocycles. The molecular weight excluding hydrogens is 424 g/mol. The Morgan fingerprint density at radius 1 is 1.03 bits per heavy atom. The molecule has 2 aromatic carbocycles. The highest BCUT2D eigenvalue weighted by Crippen LogP contribution is 2.31. The second kappa shape index (κ2) is 8.70. The lowest BCUT2D eigenvalue weighted by atomic mass is 10.1. The summed E-state index contributed by atoms with van der Waals surface area (Å²) in [4.78, 5) is 51.5. The van der Waals surface area contributed by atoms with Gasteiger partial charge in [-0.2, -0.15) is 5.10 Å². The number of aryl methyl sites for hydroxylation is 1. The third-order valence-corrected chi connectivity index (χ3v) is 5.24. The molecular formula is C24H22N4O5. The molecule has 1 aliphatic heterocycles. The van der Waals surface area contributed by atoms with Crippen molar-refractivity contribution in [2.24, 2.45) is 0 Å². The van der Waals surface area contributed by atoms with Crippen LogP contribution in [0.25, 0.3) is 0 Å². The van der Waals surface area contributed by atoms with Crippen molar-refractivity contribution in [1.29, 1.82) is 0 Å². The minimum Gasteiger partial charge on any atom is -0.452 e. The van der Waals surface area contributed by atoms with Crippen LogP contribution in [0, 0.1) is 6.92 Å². The van der Waals surface area contributed by atoms with Crippen molar-refractivity contribution in [2.75, 3.05) is 16.8 Å². The summed E-state index contributed by atoms with van der Waals surface area (Å²) in [5, 5.41) is 6.76. The van der Waals surface area contributed by atoms with Gasteiger partial charge in [0.25, 0.3) is 17.7 Å². The van der Waals surface area contributed by atoms with Crippen LogP contribution in [-0.2, 0) is 9.53 Å². The van der Waals surface area contributed by atoms with Gasteiger partial charge in [0.05, 0.1) is 28.6 Å². The van der Waals surface area contributed by atoms with Gasteiger partial charge in [0.1, 0.15) is 5.82 Å². The molecule has 9 heteroatoms. The van der Waals surface area contributed by atoms with Gasteiger partial charge in [-0.15, -0.1) is 0 Å². The van der Waals surface area contributed by atoms with E-state index in [-0.39, 0.29) is 22.7 Å². The van der Waals surface area contributed by atoms with Gasteiger partial charge in [-0.1, -0.05) is 18.2 Å². The van der Waals surface area contributed by atoms with Crippen LogP contribution < -0.4 is 10.2 Å². The molecule has 0 atom stereocenters. The molecule has 0 aliphatic carbocycles. The van der Waals surface area contributed by atoms with Crippen LogP contribution in [0.3, 0.4) is 0 Å². The fourth-order valence-electron chi connectivity index (χ4n) is 3.62. The minimum atomic E-state index is -0.778. The summed E-state index contributed by atoms with van der Waals surface area (Å²) in [7, 11) is 0. The number of esters is 1. The number of rotatable bonds is 6. The summed E-state index contributed by atoms with van der Waals surface area (Å²) in [5.74, 6) is -1.78. The van der Waals surface area contributed by atoms with E-state index in [1.165, 1.54) is 18.2 Å². The van der Waals surface area contributed by atoms with E-state index in [1.54, 1.807) is 42.1 Å². The number of nitrogens with one attached hydrogen (secondary N) is 1. The average Bonchev–Trinajstić information content (AvgIpc) is 3.35. The van der Waals surface area contributed by atoms with Gasteiger partial charge in [0, 0.05) is 12.1 Å². The number of hydrogen-bond donors (Lipinski definition) is 1. The maximum absolute atomic E-state index is 12.9. The monoisotopic (exact) mass is 446 g/mol. The van der Waals surface area contributed by atoms with Gasteiger partial charge >= 0.3 is 5.97 Å². The smallest absolute Gasteiger partial charge is 0.338 e. The molecule has 2 heterocycles. The number of para-hydroxylation sites is 1. The molecule has 0 unspecified atom stereocenters. The number of fused-ring (bicyclic) bond motifs is 1. The van der Waals surface area contributed by atoms with E-state index < -0.39 is 30.3 Å². The van der Waals surface area contributed by atoms with Gasteiger partial charge < -0.3 is 10.1 Å². The minimum absolute atomic E-state index is 0.0451. The predicted octanol–water partition coefficient (Wildman–Crippen LogP) is 3.37. The van der Waals surface area contributed by atoms with Crippen molar-refractivity contribution >= 4 is 35.2 Å². The number of anilines is 2. The highest BCUT2D eigenvalue weighted by molar-refractivity contribution is 6.34. The Morgan fingerprint density at radius 3 is 2.48 bits per heavy atom. The van der Waals surface area contributed by atoms with E-state index >= 15 is 0 Å². The van der Waals surface area contributed by atoms with E-state index in [0.29, 0.717) is 11.5 Å². The number of hydrogen-bond acceptors (Lipinski definition) is 6. The molecule has 168 valence electrons. The fourth-order valence-corrected chi connectivity index (χ4v) is 3.62. The number of imide groups is 1. The standard InChI is InChI=1S/C24H22N4O5/c1-14(2)28-20(10-11-25-28)26-21(29)13-33-24(32)16-8-9-17-18(12-16)23(31)27(22(17)30)19-7-5-4-6-15(19)3/h4-12,14H,13H2,1-3H3,(H,26,29). The number of benzene rings is 2. The lowest BCUT2D eigenvalue weighted by Crippen LogP contribution is -2.29. The van der Waals surface area contributed by atoms with E-state index in [0.717, 1.165) is 10.5 Å². The first-order valence-corrected chi connectivity index (χ1v) is 10.4. The maximum atomic E-state index is 12.9. The van der Waals surface area contributed by atoms with E-state index in [4.69, 9.17) is 4.74 Å². The fraction of sp³-hybridized carbons (Fsp3) is 0.208. The van der Waals surface area contributed by atoms with Crippen molar-refractivity contribution in [3.05, 3.63) is 77.0 Å². The number of carbonyl (C=O) groups excluding carboxylic acids is 4. The first kappa shape index (κ1) is 21.9. The largest absolute Gasteiger partial charge is 0.452 e. The van der Waals surface area contributed by atoms with Gasteiger partial charge in [-0.25, -0.2) is 14.4 Å². The highest BCUT2D eigenvalue weighted by atomic mass is 16.5. The quantitative estimate of drug-likeness (QED) is 0.459. The Bertz CT molecular complexity index is 1280. The first-order valence-electron chi connectivity index (χ1n) is 10.4. The zero-order valence-corrected chi connectivity index (χ0v) is 18.4. The van der Waals surface area contributed by atoms with Gasteiger partial charge in [-0.3, -0.25) is 14.4 Å². The van der Waals surface area contributed by atoms with E-state index in [2.05, 4.69) is 10.4 Å². The van der Waals surface area contributed by atoms with Crippen LogP contribution >= 0.6 is 0 Å². The lowest BCUT2D eigenvalue weighted by molar-refractivity contribution is -0.119. The molecule has 9 nitrogen and oxygen atoms in total. The SMILES string of the molecule is Cc1ccccc1N1C(=O)c2ccc(C(=O)OCC(=O)Nc3ccnn3C(C)C)cc2C1=O. The summed E-state index contributed by atoms with van der Waals surface area (Å²) in [6.07, 6.45) is 1.56. The van der Waals surface area contributed by atoms with Crippen molar-refractivity contribution in [3.63, 3.8) is 0 Å². The molecule has 3 amide bonds. The van der Waals surface area contributed by atoms with E-state index in [9.17, 15) is 19.2 Å². The Hall–Kier alpha value is -4.27. The third kappa shape index (κ3) is 4.12. The molecule has 3 aromatic rings. The molecule has 0 radical (unpaired) electrons. The second-order valence-corrected chi connectivity index (χ2v) is 7.87. The summed E-state index contributed by atoms with van der Waals surface area (Å²) in [6, 6.07) is 12.9. The molecule has 1 aliphatic rings. The molecule has 0 fully saturated rings. The number of nitrogens with zero attached hydrogens (tertiary/aromatic N) is 3. The van der Waals surface area contributed by atoms with Gasteiger partial charge in [0.15, 0.2) is 6.61 Å². The molecule has 4 rings (SSSR count). The summed E-state index contributed by atoms with van der Waals surface area (Å²) < 4.78 is 6.73. The molecule has 33 heavy (non-hydrogen) atoms. The zero-order chi connectivity index (χ0) is 23.7.